The van der Waals surface area contributed by atoms with Crippen LogP contribution in [-0.2, 0) is 16.8 Å². The first-order chi connectivity index (χ1) is 6.01. The Hall–Kier alpha value is -1.07. The smallest absolute Gasteiger partial charge is 0.262 e. The highest BCUT2D eigenvalue weighted by atomic mass is 32.3. The third-order valence-corrected chi connectivity index (χ3v) is 1.93. The highest BCUT2D eigenvalue weighted by Crippen LogP contribution is 2.13. The van der Waals surface area contributed by atoms with Crippen molar-refractivity contribution in [2.75, 3.05) is 0 Å². The van der Waals surface area contributed by atoms with Gasteiger partial charge >= 0.3 is 0 Å². The minimum absolute atomic E-state index is 0.0483. The Bertz CT molecular complexity index is 366. The SMILES string of the molecule is CCc1ccc(OS(=O)(=O)[O-])cc1. The highest BCUT2D eigenvalue weighted by Gasteiger charge is 1.97. The molecule has 0 aliphatic rings. The summed E-state index contributed by atoms with van der Waals surface area (Å²) >= 11 is 0. The van der Waals surface area contributed by atoms with Crippen LogP contribution in [0.3, 0.4) is 0 Å². The van der Waals surface area contributed by atoms with E-state index in [1.54, 1.807) is 12.1 Å². The maximum Gasteiger partial charge on any atom is 0.262 e. The third kappa shape index (κ3) is 3.43. The Morgan fingerprint density at radius 2 is 1.85 bits per heavy atom. The van der Waals surface area contributed by atoms with Crippen LogP contribution in [0.4, 0.5) is 0 Å². The second-order valence-electron chi connectivity index (χ2n) is 2.49. The van der Waals surface area contributed by atoms with Crippen LogP contribution in [0.1, 0.15) is 12.5 Å². The molecule has 0 aliphatic carbocycles. The van der Waals surface area contributed by atoms with Crippen LogP contribution >= 0.6 is 0 Å². The molecule has 4 nitrogen and oxygen atoms in total. The molecule has 0 aliphatic heterocycles. The molecule has 0 amide bonds. The Kier molecular flexibility index (Phi) is 2.90. The number of hydrogen-bond donors (Lipinski definition) is 0. The third-order valence-electron chi connectivity index (χ3n) is 1.53. The standard InChI is InChI=1S/C8H10O4S/c1-2-7-3-5-8(6-4-7)12-13(9,10)11/h3-6H,2H2,1H3,(H,9,10,11)/p-1. The molecule has 1 aromatic carbocycles. The molecule has 0 atom stereocenters. The molecular weight excluding hydrogens is 192 g/mol. The van der Waals surface area contributed by atoms with Gasteiger partial charge in [-0.25, -0.2) is 8.42 Å². The Labute approximate surface area is 77.1 Å². The molecular formula is C8H9O4S-. The lowest BCUT2D eigenvalue weighted by atomic mass is 10.2. The second kappa shape index (κ2) is 3.76. The van der Waals surface area contributed by atoms with Crippen molar-refractivity contribution in [3.05, 3.63) is 29.8 Å². The van der Waals surface area contributed by atoms with Gasteiger partial charge in [0.05, 0.1) is 0 Å². The topological polar surface area (TPSA) is 66.4 Å². The van der Waals surface area contributed by atoms with E-state index in [9.17, 15) is 13.0 Å². The average molecular weight is 201 g/mol. The van der Waals surface area contributed by atoms with Crippen LogP contribution in [0.5, 0.6) is 5.75 Å². The lowest BCUT2D eigenvalue weighted by Crippen LogP contribution is -2.06. The van der Waals surface area contributed by atoms with Gasteiger partial charge in [0.1, 0.15) is 5.75 Å². The van der Waals surface area contributed by atoms with Crippen molar-refractivity contribution in [3.63, 3.8) is 0 Å². The number of aryl methyl sites for hydroxylation is 1. The fourth-order valence-corrected chi connectivity index (χ4v) is 1.25. The molecule has 1 aromatic rings. The summed E-state index contributed by atoms with van der Waals surface area (Å²) in [4.78, 5) is 0. The molecule has 0 bridgehead atoms. The molecule has 0 heterocycles. The predicted molar refractivity (Wildman–Crippen MR) is 46.1 cm³/mol. The van der Waals surface area contributed by atoms with E-state index in [1.807, 2.05) is 6.92 Å². The van der Waals surface area contributed by atoms with Gasteiger partial charge in [0.2, 0.25) is 0 Å². The van der Waals surface area contributed by atoms with Crippen molar-refractivity contribution in [1.29, 1.82) is 0 Å². The van der Waals surface area contributed by atoms with E-state index >= 15 is 0 Å². The molecule has 0 saturated carbocycles. The second-order valence-corrected chi connectivity index (χ2v) is 3.47. The van der Waals surface area contributed by atoms with Crippen LogP contribution < -0.4 is 4.18 Å². The van der Waals surface area contributed by atoms with Gasteiger partial charge in [-0.3, -0.25) is 0 Å². The van der Waals surface area contributed by atoms with Crippen LogP contribution in [0, 0.1) is 0 Å². The number of rotatable bonds is 3. The van der Waals surface area contributed by atoms with Crippen molar-refractivity contribution in [3.8, 4) is 5.75 Å². The molecule has 0 radical (unpaired) electrons. The first-order valence-corrected chi connectivity index (χ1v) is 5.09. The molecule has 0 fully saturated rings. The Balaban J connectivity index is 2.81. The quantitative estimate of drug-likeness (QED) is 0.542. The molecule has 0 saturated heterocycles. The summed E-state index contributed by atoms with van der Waals surface area (Å²) in [6.07, 6.45) is 0.852. The van der Waals surface area contributed by atoms with Crippen molar-refractivity contribution in [2.45, 2.75) is 13.3 Å². The summed E-state index contributed by atoms with van der Waals surface area (Å²) in [5.41, 5.74) is 1.05. The molecule has 5 heteroatoms. The fourth-order valence-electron chi connectivity index (χ4n) is 0.899. The maximum atomic E-state index is 10.2. The summed E-state index contributed by atoms with van der Waals surface area (Å²) < 4.78 is 34.6. The van der Waals surface area contributed by atoms with E-state index in [2.05, 4.69) is 4.18 Å². The van der Waals surface area contributed by atoms with Crippen molar-refractivity contribution in [2.24, 2.45) is 0 Å². The van der Waals surface area contributed by atoms with E-state index in [-0.39, 0.29) is 5.75 Å². The van der Waals surface area contributed by atoms with Gasteiger partial charge in [0.15, 0.2) is 0 Å². The van der Waals surface area contributed by atoms with Gasteiger partial charge in [-0.15, -0.1) is 0 Å². The van der Waals surface area contributed by atoms with E-state index in [0.29, 0.717) is 0 Å². The van der Waals surface area contributed by atoms with Gasteiger partial charge in [-0.2, -0.15) is 0 Å². The molecule has 0 N–H and O–H groups in total. The van der Waals surface area contributed by atoms with Gasteiger partial charge in [0, 0.05) is 0 Å². The minimum Gasteiger partial charge on any atom is -0.716 e. The van der Waals surface area contributed by atoms with Crippen LogP contribution in [0.25, 0.3) is 0 Å². The summed E-state index contributed by atoms with van der Waals surface area (Å²) in [7, 11) is -4.65. The van der Waals surface area contributed by atoms with E-state index in [0.717, 1.165) is 12.0 Å². The predicted octanol–water partition coefficient (Wildman–Crippen LogP) is 1.09. The molecule has 0 aromatic heterocycles. The summed E-state index contributed by atoms with van der Waals surface area (Å²) in [5.74, 6) is 0.0483. The first kappa shape index (κ1) is 10.0. The van der Waals surface area contributed by atoms with Crippen LogP contribution in [-0.4, -0.2) is 13.0 Å². The van der Waals surface area contributed by atoms with E-state index in [4.69, 9.17) is 0 Å². The summed E-state index contributed by atoms with van der Waals surface area (Å²) in [6.45, 7) is 1.97. The Morgan fingerprint density at radius 3 is 2.23 bits per heavy atom. The van der Waals surface area contributed by atoms with Gasteiger partial charge in [0.25, 0.3) is 10.4 Å². The number of hydrogen-bond acceptors (Lipinski definition) is 4. The molecule has 1 rings (SSSR count). The normalized spacial score (nSPS) is 11.2. The molecule has 0 unspecified atom stereocenters. The summed E-state index contributed by atoms with van der Waals surface area (Å²) in [6, 6.07) is 6.32. The van der Waals surface area contributed by atoms with E-state index in [1.165, 1.54) is 12.1 Å². The number of benzene rings is 1. The largest absolute Gasteiger partial charge is 0.716 e. The zero-order valence-electron chi connectivity index (χ0n) is 7.06. The highest BCUT2D eigenvalue weighted by molar-refractivity contribution is 7.81. The first-order valence-electron chi connectivity index (χ1n) is 3.75. The minimum atomic E-state index is -4.65. The van der Waals surface area contributed by atoms with Crippen molar-refractivity contribution < 1.29 is 17.2 Å². The molecule has 0 spiro atoms. The monoisotopic (exact) mass is 201 g/mol. The van der Waals surface area contributed by atoms with Crippen LogP contribution in [0.2, 0.25) is 0 Å². The molecule has 13 heavy (non-hydrogen) atoms. The Morgan fingerprint density at radius 1 is 1.31 bits per heavy atom. The lowest BCUT2D eigenvalue weighted by Gasteiger charge is -2.08. The lowest BCUT2D eigenvalue weighted by molar-refractivity contribution is 0.372. The summed E-state index contributed by atoms with van der Waals surface area (Å²) in [5, 5.41) is 0. The van der Waals surface area contributed by atoms with Crippen LogP contribution in [0.15, 0.2) is 24.3 Å². The van der Waals surface area contributed by atoms with Crippen molar-refractivity contribution in [1.82, 2.24) is 0 Å². The zero-order valence-corrected chi connectivity index (χ0v) is 7.87. The van der Waals surface area contributed by atoms with Gasteiger partial charge < -0.3 is 8.74 Å². The average Bonchev–Trinajstić information content (AvgIpc) is 2.03. The zero-order chi connectivity index (χ0) is 9.90. The fraction of sp³-hybridized carbons (Fsp3) is 0.250. The van der Waals surface area contributed by atoms with Crippen molar-refractivity contribution >= 4 is 10.4 Å². The maximum absolute atomic E-state index is 10.2. The molecule has 72 valence electrons. The van der Waals surface area contributed by atoms with Gasteiger partial charge in [-0.1, -0.05) is 19.1 Å². The van der Waals surface area contributed by atoms with Gasteiger partial charge in [-0.05, 0) is 24.1 Å². The van der Waals surface area contributed by atoms with E-state index < -0.39 is 10.4 Å².